The van der Waals surface area contributed by atoms with Crippen molar-refractivity contribution in [2.45, 2.75) is 38.3 Å². The van der Waals surface area contributed by atoms with E-state index in [0.717, 1.165) is 51.4 Å². The highest BCUT2D eigenvalue weighted by Crippen LogP contribution is 2.48. The van der Waals surface area contributed by atoms with Crippen LogP contribution in [0.4, 0.5) is 0 Å². The Balaban J connectivity index is 1.42. The molecule has 0 bridgehead atoms. The second-order valence-corrected chi connectivity index (χ2v) is 8.97. The Kier molecular flexibility index (Phi) is 5.72. The third kappa shape index (κ3) is 3.93. The smallest absolute Gasteiger partial charge is 0.107 e. The second kappa shape index (κ2) is 8.01. The average molecular weight is 366 g/mol. The maximum Gasteiger partial charge on any atom is 0.107 e. The molecule has 3 fully saturated rings. The first-order valence-electron chi connectivity index (χ1n) is 9.70. The van der Waals surface area contributed by atoms with Crippen molar-refractivity contribution < 1.29 is 9.47 Å². The summed E-state index contributed by atoms with van der Waals surface area (Å²) in [5.41, 5.74) is 0.340. The van der Waals surface area contributed by atoms with Crippen molar-refractivity contribution in [1.29, 1.82) is 0 Å². The van der Waals surface area contributed by atoms with Crippen LogP contribution in [0, 0.1) is 11.3 Å². The molecule has 1 aromatic rings. The number of hydrogen-bond donors (Lipinski definition) is 0. The van der Waals surface area contributed by atoms with Crippen LogP contribution in [0.2, 0.25) is 0 Å². The first-order valence-corrected chi connectivity index (χ1v) is 10.6. The average Bonchev–Trinajstić information content (AvgIpc) is 3.15. The van der Waals surface area contributed by atoms with E-state index in [4.69, 9.17) is 9.47 Å². The monoisotopic (exact) mass is 365 g/mol. The normalized spacial score (nSPS) is 34.8. The molecule has 2 aliphatic heterocycles. The van der Waals surface area contributed by atoms with E-state index >= 15 is 0 Å². The number of aromatic nitrogens is 1. The first-order chi connectivity index (χ1) is 12.3. The topological polar surface area (TPSA) is 37.8 Å². The summed E-state index contributed by atoms with van der Waals surface area (Å²) in [6.45, 7) is 8.32. The van der Waals surface area contributed by atoms with Crippen LogP contribution >= 0.6 is 11.3 Å². The summed E-state index contributed by atoms with van der Waals surface area (Å²) in [7, 11) is 1.87. The highest BCUT2D eigenvalue weighted by atomic mass is 32.1. The molecule has 0 aromatic carbocycles. The maximum absolute atomic E-state index is 5.73. The maximum atomic E-state index is 5.73. The van der Waals surface area contributed by atoms with E-state index in [1.807, 2.05) is 13.3 Å². The molecule has 0 radical (unpaired) electrons. The first kappa shape index (κ1) is 17.9. The van der Waals surface area contributed by atoms with Gasteiger partial charge in [-0.15, -0.1) is 11.3 Å². The van der Waals surface area contributed by atoms with Gasteiger partial charge in [0.1, 0.15) is 5.01 Å². The molecular weight excluding hydrogens is 334 g/mol. The molecule has 5 nitrogen and oxygen atoms in total. The molecular formula is C19H31N3O2S. The Morgan fingerprint density at radius 1 is 1.32 bits per heavy atom. The number of methoxy groups -OCH3 is 1. The van der Waals surface area contributed by atoms with Gasteiger partial charge in [0, 0.05) is 49.8 Å². The lowest BCUT2D eigenvalue weighted by Gasteiger charge is -2.54. The van der Waals surface area contributed by atoms with Crippen LogP contribution in [-0.4, -0.2) is 73.9 Å². The summed E-state index contributed by atoms with van der Waals surface area (Å²) < 4.78 is 11.3. The van der Waals surface area contributed by atoms with Crippen molar-refractivity contribution in [2.24, 2.45) is 11.3 Å². The molecule has 4 rings (SSSR count). The standard InChI is InChI=1S/C19H31N3O2S/c1-23-15-19-4-2-17(22-7-9-24-10-8-22)12-16(19)3-6-21(14-19)13-18-20-5-11-25-18/h5,11,16-17H,2-4,6-10,12-15H2,1H3/t16-,17-,19+/m1/s1. The summed E-state index contributed by atoms with van der Waals surface area (Å²) >= 11 is 1.77. The van der Waals surface area contributed by atoms with E-state index < -0.39 is 0 Å². The number of ether oxygens (including phenoxy) is 2. The molecule has 140 valence electrons. The van der Waals surface area contributed by atoms with Gasteiger partial charge in [-0.25, -0.2) is 4.98 Å². The summed E-state index contributed by atoms with van der Waals surface area (Å²) in [5.74, 6) is 0.793. The van der Waals surface area contributed by atoms with Gasteiger partial charge in [-0.3, -0.25) is 9.80 Å². The van der Waals surface area contributed by atoms with Crippen LogP contribution in [0.1, 0.15) is 30.7 Å². The number of rotatable bonds is 5. The van der Waals surface area contributed by atoms with Gasteiger partial charge in [-0.2, -0.15) is 0 Å². The number of morpholine rings is 1. The number of likely N-dealkylation sites (tertiary alicyclic amines) is 1. The fourth-order valence-electron chi connectivity index (χ4n) is 5.30. The minimum Gasteiger partial charge on any atom is -0.384 e. The van der Waals surface area contributed by atoms with Gasteiger partial charge < -0.3 is 9.47 Å². The molecule has 3 heterocycles. The molecule has 0 N–H and O–H groups in total. The number of thiazole rings is 1. The van der Waals surface area contributed by atoms with Crippen LogP contribution < -0.4 is 0 Å². The zero-order valence-corrected chi connectivity index (χ0v) is 16.2. The zero-order chi connectivity index (χ0) is 17.1. The summed E-state index contributed by atoms with van der Waals surface area (Å²) in [6.07, 6.45) is 7.17. The predicted molar refractivity (Wildman–Crippen MR) is 99.8 cm³/mol. The van der Waals surface area contributed by atoms with Gasteiger partial charge in [0.15, 0.2) is 0 Å². The molecule has 3 atom stereocenters. The quantitative estimate of drug-likeness (QED) is 0.801. The molecule has 25 heavy (non-hydrogen) atoms. The van der Waals surface area contributed by atoms with Crippen molar-refractivity contribution in [1.82, 2.24) is 14.8 Å². The third-order valence-electron chi connectivity index (χ3n) is 6.57. The van der Waals surface area contributed by atoms with E-state index in [-0.39, 0.29) is 0 Å². The van der Waals surface area contributed by atoms with Crippen LogP contribution in [0.15, 0.2) is 11.6 Å². The van der Waals surface area contributed by atoms with E-state index in [0.29, 0.717) is 5.41 Å². The van der Waals surface area contributed by atoms with Gasteiger partial charge in [0.05, 0.1) is 26.4 Å². The largest absolute Gasteiger partial charge is 0.384 e. The van der Waals surface area contributed by atoms with E-state index in [1.165, 1.54) is 43.8 Å². The fraction of sp³-hybridized carbons (Fsp3) is 0.842. The third-order valence-corrected chi connectivity index (χ3v) is 7.33. The summed E-state index contributed by atoms with van der Waals surface area (Å²) in [5, 5.41) is 3.33. The molecule has 1 aromatic heterocycles. The Hall–Kier alpha value is -0.530. The Morgan fingerprint density at radius 3 is 2.96 bits per heavy atom. The molecule has 2 saturated heterocycles. The minimum atomic E-state index is 0.340. The number of hydrogen-bond acceptors (Lipinski definition) is 6. The Morgan fingerprint density at radius 2 is 2.20 bits per heavy atom. The van der Waals surface area contributed by atoms with Crippen LogP contribution in [0.3, 0.4) is 0 Å². The van der Waals surface area contributed by atoms with Gasteiger partial charge in [0.25, 0.3) is 0 Å². The van der Waals surface area contributed by atoms with Crippen LogP contribution in [-0.2, 0) is 16.0 Å². The number of fused-ring (bicyclic) bond motifs is 1. The molecule has 0 unspecified atom stereocenters. The highest BCUT2D eigenvalue weighted by Gasteiger charge is 2.47. The molecule has 1 aliphatic carbocycles. The minimum absolute atomic E-state index is 0.340. The number of piperidine rings is 1. The van der Waals surface area contributed by atoms with E-state index in [2.05, 4.69) is 20.2 Å². The lowest BCUT2D eigenvalue weighted by Crippen LogP contribution is -2.56. The van der Waals surface area contributed by atoms with Crippen LogP contribution in [0.5, 0.6) is 0 Å². The lowest BCUT2D eigenvalue weighted by molar-refractivity contribution is -0.0870. The molecule has 1 saturated carbocycles. The van der Waals surface area contributed by atoms with Gasteiger partial charge in [-0.1, -0.05) is 0 Å². The SMILES string of the molecule is COC[C@@]12CC[C@@H](N3CCOCC3)C[C@H]1CCN(Cc1nccs1)C2. The molecule has 0 amide bonds. The van der Waals surface area contributed by atoms with Crippen LogP contribution in [0.25, 0.3) is 0 Å². The Bertz CT molecular complexity index is 535. The highest BCUT2D eigenvalue weighted by molar-refractivity contribution is 7.09. The molecule has 6 heteroatoms. The summed E-state index contributed by atoms with van der Waals surface area (Å²) in [6, 6.07) is 0.754. The van der Waals surface area contributed by atoms with Crippen molar-refractivity contribution in [3.63, 3.8) is 0 Å². The van der Waals surface area contributed by atoms with Gasteiger partial charge in [-0.05, 0) is 38.1 Å². The van der Waals surface area contributed by atoms with Crippen molar-refractivity contribution in [2.75, 3.05) is 53.1 Å². The lowest BCUT2D eigenvalue weighted by atomic mass is 9.62. The van der Waals surface area contributed by atoms with Crippen molar-refractivity contribution in [3.05, 3.63) is 16.6 Å². The van der Waals surface area contributed by atoms with Gasteiger partial charge in [0.2, 0.25) is 0 Å². The number of nitrogens with zero attached hydrogens (tertiary/aromatic N) is 3. The second-order valence-electron chi connectivity index (χ2n) is 7.99. The zero-order valence-electron chi connectivity index (χ0n) is 15.4. The van der Waals surface area contributed by atoms with Gasteiger partial charge >= 0.3 is 0 Å². The predicted octanol–water partition coefficient (Wildman–Crippen LogP) is 2.48. The summed E-state index contributed by atoms with van der Waals surface area (Å²) in [4.78, 5) is 9.78. The Labute approximate surface area is 155 Å². The van der Waals surface area contributed by atoms with E-state index in [9.17, 15) is 0 Å². The van der Waals surface area contributed by atoms with Crippen molar-refractivity contribution >= 4 is 11.3 Å². The fourth-order valence-corrected chi connectivity index (χ4v) is 5.96. The molecule has 3 aliphatic rings. The van der Waals surface area contributed by atoms with E-state index in [1.54, 1.807) is 11.3 Å². The van der Waals surface area contributed by atoms with Crippen molar-refractivity contribution in [3.8, 4) is 0 Å². The molecule has 0 spiro atoms.